The molecule has 4 atom stereocenters. The summed E-state index contributed by atoms with van der Waals surface area (Å²) in [5.74, 6) is 0.947. The van der Waals surface area contributed by atoms with Crippen LogP contribution in [0.25, 0.3) is 11.0 Å². The zero-order valence-corrected chi connectivity index (χ0v) is 19.2. The molecule has 2 aromatic rings. The van der Waals surface area contributed by atoms with Crippen LogP contribution in [-0.4, -0.2) is 70.9 Å². The van der Waals surface area contributed by atoms with Crippen LogP contribution in [0.4, 0.5) is 5.82 Å². The van der Waals surface area contributed by atoms with Gasteiger partial charge in [0.1, 0.15) is 30.3 Å². The number of rotatable bonds is 4. The van der Waals surface area contributed by atoms with Crippen LogP contribution in [0.1, 0.15) is 32.6 Å². The highest BCUT2D eigenvalue weighted by molar-refractivity contribution is 6.74. The molecule has 10 nitrogen and oxygen atoms in total. The summed E-state index contributed by atoms with van der Waals surface area (Å²) >= 11 is 0. The van der Waals surface area contributed by atoms with Gasteiger partial charge in [-0.25, -0.2) is 15.0 Å². The van der Waals surface area contributed by atoms with Crippen LogP contribution in [0, 0.1) is 0 Å². The van der Waals surface area contributed by atoms with E-state index in [1.165, 1.54) is 6.33 Å². The van der Waals surface area contributed by atoms with Crippen molar-refractivity contribution in [3.63, 3.8) is 0 Å². The predicted octanol–water partition coefficient (Wildman–Crippen LogP) is 1.14. The fraction of sp³-hybridized carbons (Fsp3) is 0.632. The number of aliphatic hydroxyl groups is 2. The number of ether oxygens (including phenoxy) is 1. The molecule has 1 unspecified atom stereocenters. The number of aliphatic hydroxyl groups excluding tert-OH is 2. The summed E-state index contributed by atoms with van der Waals surface area (Å²) in [4.78, 5) is 8.67. The van der Waals surface area contributed by atoms with Crippen molar-refractivity contribution < 1.29 is 19.4 Å². The smallest absolute Gasteiger partial charge is 0.192 e. The quantitative estimate of drug-likeness (QED) is 0.611. The van der Waals surface area contributed by atoms with Gasteiger partial charge in [-0.2, -0.15) is 5.10 Å². The summed E-state index contributed by atoms with van der Waals surface area (Å²) in [6, 6.07) is 0. The Morgan fingerprint density at radius 1 is 1.23 bits per heavy atom. The molecule has 1 fully saturated rings. The van der Waals surface area contributed by atoms with E-state index in [1.54, 1.807) is 22.8 Å². The topological polar surface area (TPSA) is 131 Å². The van der Waals surface area contributed by atoms with Crippen molar-refractivity contribution in [1.29, 1.82) is 0 Å². The van der Waals surface area contributed by atoms with Crippen LogP contribution in [0.15, 0.2) is 17.6 Å². The minimum absolute atomic E-state index is 0.0333. The fourth-order valence-electron chi connectivity index (χ4n) is 3.57. The van der Waals surface area contributed by atoms with E-state index in [4.69, 9.17) is 14.9 Å². The van der Waals surface area contributed by atoms with Gasteiger partial charge in [0.15, 0.2) is 26.2 Å². The van der Waals surface area contributed by atoms with E-state index < -0.39 is 32.9 Å². The van der Waals surface area contributed by atoms with E-state index in [0.717, 1.165) is 5.39 Å². The Morgan fingerprint density at radius 2 is 1.93 bits per heavy atom. The van der Waals surface area contributed by atoms with Crippen LogP contribution in [0.3, 0.4) is 0 Å². The molecule has 4 rings (SSSR count). The zero-order chi connectivity index (χ0) is 22.0. The van der Waals surface area contributed by atoms with Crippen LogP contribution in [0.2, 0.25) is 18.1 Å². The third kappa shape index (κ3) is 3.21. The maximum Gasteiger partial charge on any atom is 0.192 e. The molecule has 2 aromatic heterocycles. The molecule has 2 aliphatic heterocycles. The Morgan fingerprint density at radius 3 is 2.60 bits per heavy atom. The van der Waals surface area contributed by atoms with E-state index in [9.17, 15) is 10.2 Å². The van der Waals surface area contributed by atoms with Crippen LogP contribution >= 0.6 is 0 Å². The first kappa shape index (κ1) is 21.2. The Hall–Kier alpha value is -2.05. The van der Waals surface area contributed by atoms with Gasteiger partial charge in [0.2, 0.25) is 0 Å². The average Bonchev–Trinajstić information content (AvgIpc) is 3.17. The second-order valence-electron chi connectivity index (χ2n) is 9.47. The molecule has 4 N–H and O–H groups in total. The Bertz CT molecular complexity index is 1000. The molecule has 0 bridgehead atoms. The first-order chi connectivity index (χ1) is 13.9. The lowest BCUT2D eigenvalue weighted by atomic mass is 10.1. The largest absolute Gasteiger partial charge is 0.414 e. The Balaban J connectivity index is 1.63. The van der Waals surface area contributed by atoms with E-state index in [1.807, 2.05) is 0 Å². The second kappa shape index (κ2) is 6.99. The average molecular weight is 435 g/mol. The van der Waals surface area contributed by atoms with Gasteiger partial charge >= 0.3 is 0 Å². The number of aromatic nitrogens is 3. The number of anilines is 1. The first-order valence-corrected chi connectivity index (χ1v) is 12.9. The minimum Gasteiger partial charge on any atom is -0.414 e. The molecule has 30 heavy (non-hydrogen) atoms. The summed E-state index contributed by atoms with van der Waals surface area (Å²) < 4.78 is 14.0. The number of nitrogens with two attached hydrogens (primary N) is 1. The number of hydrazone groups is 1. The number of nitrogens with zero attached hydrogens (tertiary/aromatic N) is 5. The Kier molecular flexibility index (Phi) is 4.94. The van der Waals surface area contributed by atoms with Crippen molar-refractivity contribution >= 4 is 31.0 Å². The molecule has 1 saturated heterocycles. The molecule has 164 valence electrons. The predicted molar refractivity (Wildman–Crippen MR) is 116 cm³/mol. The highest BCUT2D eigenvalue weighted by atomic mass is 28.4. The molecular weight excluding hydrogens is 404 g/mol. The van der Waals surface area contributed by atoms with E-state index in [0.29, 0.717) is 22.9 Å². The van der Waals surface area contributed by atoms with Crippen LogP contribution in [-0.2, 0) is 9.16 Å². The van der Waals surface area contributed by atoms with Crippen molar-refractivity contribution in [3.8, 4) is 0 Å². The number of hydrogen-bond acceptors (Lipinski definition) is 9. The fourth-order valence-corrected chi connectivity index (χ4v) is 4.58. The van der Waals surface area contributed by atoms with Crippen LogP contribution in [0.5, 0.6) is 0 Å². The van der Waals surface area contributed by atoms with Gasteiger partial charge in [0, 0.05) is 18.8 Å². The summed E-state index contributed by atoms with van der Waals surface area (Å²) in [5.41, 5.74) is 7.33. The second-order valence-corrected chi connectivity index (χ2v) is 14.3. The van der Waals surface area contributed by atoms with Crippen LogP contribution < -0.4 is 10.7 Å². The maximum absolute atomic E-state index is 10.8. The third-order valence-corrected chi connectivity index (χ3v) is 11.0. The first-order valence-electron chi connectivity index (χ1n) is 10.0. The maximum atomic E-state index is 10.8. The normalized spacial score (nSPS) is 27.1. The van der Waals surface area contributed by atoms with Crippen molar-refractivity contribution in [2.45, 2.75) is 63.4 Å². The monoisotopic (exact) mass is 434 g/mol. The van der Waals surface area contributed by atoms with Gasteiger partial charge in [0.25, 0.3) is 0 Å². The summed E-state index contributed by atoms with van der Waals surface area (Å²) in [6.45, 7) is 10.9. The highest BCUT2D eigenvalue weighted by Gasteiger charge is 2.46. The highest BCUT2D eigenvalue weighted by Crippen LogP contribution is 2.39. The molecule has 0 spiro atoms. The molecule has 2 aliphatic rings. The lowest BCUT2D eigenvalue weighted by molar-refractivity contribution is -0.0488. The Labute approximate surface area is 176 Å². The molecule has 0 amide bonds. The molecule has 0 radical (unpaired) electrons. The lowest BCUT2D eigenvalue weighted by Crippen LogP contribution is -2.44. The lowest BCUT2D eigenvalue weighted by Gasteiger charge is -2.37. The van der Waals surface area contributed by atoms with Crippen molar-refractivity contribution in [3.05, 3.63) is 18.1 Å². The standard InChI is InChI=1S/C19H30N6O4Si/c1-19(2,3)30(5,6)28-8-11-13(26)14(27)18(29-11)25-7-10-12-16(21-9-22-17(12)25)24(4)23-15(10)20/h7,9,11,13-14,18,26-27H,8H2,1-6H3,(H2,20,23)/t11-,13?,14+,18-/m1/s1. The minimum atomic E-state index is -2.02. The molecular formula is C19H30N6O4Si. The van der Waals surface area contributed by atoms with Gasteiger partial charge < -0.3 is 29.7 Å². The van der Waals surface area contributed by atoms with Gasteiger partial charge in [-0.05, 0) is 18.1 Å². The van der Waals surface area contributed by atoms with E-state index in [-0.39, 0.29) is 11.6 Å². The third-order valence-electron chi connectivity index (χ3n) is 6.46. The summed E-state index contributed by atoms with van der Waals surface area (Å²) in [5, 5.41) is 28.0. The van der Waals surface area contributed by atoms with Gasteiger partial charge in [0.05, 0.1) is 12.0 Å². The number of hydrogen-bond donors (Lipinski definition) is 3. The summed E-state index contributed by atoms with van der Waals surface area (Å²) in [6.07, 6.45) is -0.533. The molecule has 0 aliphatic carbocycles. The van der Waals surface area contributed by atoms with Gasteiger partial charge in [-0.1, -0.05) is 20.8 Å². The molecule has 0 aromatic carbocycles. The van der Waals surface area contributed by atoms with Gasteiger partial charge in [-0.15, -0.1) is 0 Å². The van der Waals surface area contributed by atoms with Crippen molar-refractivity contribution in [2.24, 2.45) is 10.8 Å². The molecule has 0 saturated carbocycles. The van der Waals surface area contributed by atoms with Gasteiger partial charge in [-0.3, -0.25) is 0 Å². The number of amidine groups is 1. The van der Waals surface area contributed by atoms with E-state index in [2.05, 4.69) is 48.9 Å². The summed E-state index contributed by atoms with van der Waals surface area (Å²) in [7, 11) is -0.267. The zero-order valence-electron chi connectivity index (χ0n) is 18.2. The molecule has 11 heteroatoms. The van der Waals surface area contributed by atoms with Crippen molar-refractivity contribution in [1.82, 2.24) is 14.5 Å². The molecule has 4 heterocycles. The van der Waals surface area contributed by atoms with Crippen molar-refractivity contribution in [2.75, 3.05) is 18.7 Å². The SMILES string of the molecule is CN1N=C(N)c2cn([C@@H]3O[C@H](CO[Si](C)(C)C(C)(C)C)C(O)[C@@H]3O)c3ncnc1c23. The van der Waals surface area contributed by atoms with E-state index >= 15 is 0 Å².